The lowest BCUT2D eigenvalue weighted by Crippen LogP contribution is -2.31. The highest BCUT2D eigenvalue weighted by atomic mass is 16.5. The zero-order valence-electron chi connectivity index (χ0n) is 14.9. The Morgan fingerprint density at radius 3 is 2.88 bits per heavy atom. The standard InChI is InChI=1S/C22H22N2O2/c1-15-6-4-7-16(12-15)21-13-19(18-9-2-3-10-20(18)24-21)22(25)23-14-17-8-5-11-26-17/h2-4,6-7,9-10,12-13,17H,5,8,11,14H2,1H3,(H,23,25)/t17-/m1/s1. The van der Waals surface area contributed by atoms with Gasteiger partial charge in [0.15, 0.2) is 0 Å². The third-order valence-corrected chi connectivity index (χ3v) is 4.79. The van der Waals surface area contributed by atoms with E-state index in [-0.39, 0.29) is 12.0 Å². The molecule has 1 atom stereocenters. The van der Waals surface area contributed by atoms with Gasteiger partial charge in [0.2, 0.25) is 0 Å². The van der Waals surface area contributed by atoms with Crippen molar-refractivity contribution in [1.82, 2.24) is 10.3 Å². The van der Waals surface area contributed by atoms with Crippen LogP contribution in [0.25, 0.3) is 22.2 Å². The highest BCUT2D eigenvalue weighted by molar-refractivity contribution is 6.07. The van der Waals surface area contributed by atoms with Crippen molar-refractivity contribution < 1.29 is 9.53 Å². The Morgan fingerprint density at radius 1 is 1.19 bits per heavy atom. The van der Waals surface area contributed by atoms with Crippen LogP contribution in [-0.2, 0) is 4.74 Å². The minimum atomic E-state index is -0.0759. The number of benzene rings is 2. The van der Waals surface area contributed by atoms with Crippen LogP contribution >= 0.6 is 0 Å². The number of hydrogen-bond donors (Lipinski definition) is 1. The second kappa shape index (κ2) is 7.26. The lowest BCUT2D eigenvalue weighted by atomic mass is 10.0. The first-order chi connectivity index (χ1) is 12.7. The summed E-state index contributed by atoms with van der Waals surface area (Å²) in [6, 6.07) is 17.9. The van der Waals surface area contributed by atoms with E-state index < -0.39 is 0 Å². The Labute approximate surface area is 153 Å². The van der Waals surface area contributed by atoms with Gasteiger partial charge in [-0.3, -0.25) is 4.79 Å². The van der Waals surface area contributed by atoms with Crippen LogP contribution in [0, 0.1) is 6.92 Å². The molecule has 1 fully saturated rings. The maximum absolute atomic E-state index is 12.9. The predicted octanol–water partition coefficient (Wildman–Crippen LogP) is 4.12. The van der Waals surface area contributed by atoms with Crippen LogP contribution in [0.1, 0.15) is 28.8 Å². The monoisotopic (exact) mass is 346 g/mol. The molecule has 1 N–H and O–H groups in total. The summed E-state index contributed by atoms with van der Waals surface area (Å²) in [4.78, 5) is 17.6. The van der Waals surface area contributed by atoms with Crippen LogP contribution in [0.15, 0.2) is 54.6 Å². The summed E-state index contributed by atoms with van der Waals surface area (Å²) in [5.74, 6) is -0.0759. The number of pyridine rings is 1. The van der Waals surface area contributed by atoms with Gasteiger partial charge in [-0.25, -0.2) is 4.98 Å². The predicted molar refractivity (Wildman–Crippen MR) is 103 cm³/mol. The summed E-state index contributed by atoms with van der Waals surface area (Å²) in [6.07, 6.45) is 2.20. The molecular formula is C22H22N2O2. The average molecular weight is 346 g/mol. The molecule has 2 heterocycles. The molecule has 4 heteroatoms. The molecule has 0 unspecified atom stereocenters. The number of carbonyl (C=O) groups is 1. The van der Waals surface area contributed by atoms with Gasteiger partial charge in [-0.1, -0.05) is 42.0 Å². The zero-order valence-corrected chi connectivity index (χ0v) is 14.9. The number of hydrogen-bond acceptors (Lipinski definition) is 3. The topological polar surface area (TPSA) is 51.2 Å². The quantitative estimate of drug-likeness (QED) is 0.773. The van der Waals surface area contributed by atoms with Gasteiger partial charge < -0.3 is 10.1 Å². The van der Waals surface area contributed by atoms with Gasteiger partial charge in [0.1, 0.15) is 0 Å². The van der Waals surface area contributed by atoms with Gasteiger partial charge in [0.25, 0.3) is 5.91 Å². The second-order valence-electron chi connectivity index (χ2n) is 6.79. The Bertz CT molecular complexity index is 946. The molecular weight excluding hydrogens is 324 g/mol. The molecule has 0 spiro atoms. The fourth-order valence-electron chi connectivity index (χ4n) is 3.42. The Balaban J connectivity index is 1.71. The van der Waals surface area contributed by atoms with E-state index in [1.807, 2.05) is 42.5 Å². The van der Waals surface area contributed by atoms with E-state index >= 15 is 0 Å². The first-order valence-electron chi connectivity index (χ1n) is 9.07. The number of aryl methyl sites for hydroxylation is 1. The van der Waals surface area contributed by atoms with Crippen molar-refractivity contribution in [3.8, 4) is 11.3 Å². The molecule has 132 valence electrons. The van der Waals surface area contributed by atoms with E-state index in [1.165, 1.54) is 5.56 Å². The van der Waals surface area contributed by atoms with Gasteiger partial charge in [-0.2, -0.15) is 0 Å². The summed E-state index contributed by atoms with van der Waals surface area (Å²) in [6.45, 7) is 3.39. The van der Waals surface area contributed by atoms with E-state index in [2.05, 4.69) is 24.4 Å². The van der Waals surface area contributed by atoms with Crippen LogP contribution in [-0.4, -0.2) is 30.1 Å². The van der Waals surface area contributed by atoms with Crippen LogP contribution in [0.4, 0.5) is 0 Å². The van der Waals surface area contributed by atoms with E-state index in [9.17, 15) is 4.79 Å². The third kappa shape index (κ3) is 3.46. The van der Waals surface area contributed by atoms with Crippen LogP contribution < -0.4 is 5.32 Å². The fraction of sp³-hybridized carbons (Fsp3) is 0.273. The maximum Gasteiger partial charge on any atom is 0.252 e. The minimum absolute atomic E-state index is 0.0759. The van der Waals surface area contributed by atoms with Crippen molar-refractivity contribution in [3.05, 3.63) is 65.7 Å². The molecule has 1 saturated heterocycles. The zero-order chi connectivity index (χ0) is 17.9. The molecule has 4 nitrogen and oxygen atoms in total. The molecule has 0 saturated carbocycles. The molecule has 3 aromatic rings. The van der Waals surface area contributed by atoms with Gasteiger partial charge in [0.05, 0.1) is 22.9 Å². The number of rotatable bonds is 4. The molecule has 2 aromatic carbocycles. The van der Waals surface area contributed by atoms with E-state index in [0.717, 1.165) is 41.6 Å². The number of nitrogens with zero attached hydrogens (tertiary/aromatic N) is 1. The number of para-hydroxylation sites is 1. The highest BCUT2D eigenvalue weighted by Crippen LogP contribution is 2.25. The van der Waals surface area contributed by atoms with Crippen molar-refractivity contribution in [3.63, 3.8) is 0 Å². The first kappa shape index (κ1) is 16.7. The molecule has 0 radical (unpaired) electrons. The third-order valence-electron chi connectivity index (χ3n) is 4.79. The van der Waals surface area contributed by atoms with Crippen LogP contribution in [0.2, 0.25) is 0 Å². The van der Waals surface area contributed by atoms with Gasteiger partial charge in [-0.15, -0.1) is 0 Å². The van der Waals surface area contributed by atoms with Crippen LogP contribution in [0.5, 0.6) is 0 Å². The van der Waals surface area contributed by atoms with Gasteiger partial charge >= 0.3 is 0 Å². The van der Waals surface area contributed by atoms with E-state index in [1.54, 1.807) is 0 Å². The van der Waals surface area contributed by atoms with Gasteiger partial charge in [-0.05, 0) is 38.0 Å². The Kier molecular flexibility index (Phi) is 4.67. The molecule has 0 aliphatic carbocycles. The maximum atomic E-state index is 12.9. The fourth-order valence-corrected chi connectivity index (χ4v) is 3.42. The van der Waals surface area contributed by atoms with Crippen LogP contribution in [0.3, 0.4) is 0 Å². The molecule has 4 rings (SSSR count). The van der Waals surface area contributed by atoms with E-state index in [4.69, 9.17) is 9.72 Å². The number of fused-ring (bicyclic) bond motifs is 1. The first-order valence-corrected chi connectivity index (χ1v) is 9.07. The Morgan fingerprint density at radius 2 is 2.08 bits per heavy atom. The summed E-state index contributed by atoms with van der Waals surface area (Å²) < 4.78 is 5.61. The summed E-state index contributed by atoms with van der Waals surface area (Å²) >= 11 is 0. The normalized spacial score (nSPS) is 16.7. The van der Waals surface area contributed by atoms with E-state index in [0.29, 0.717) is 12.1 Å². The molecule has 1 aliphatic rings. The van der Waals surface area contributed by atoms with Crippen molar-refractivity contribution >= 4 is 16.8 Å². The molecule has 1 amide bonds. The molecule has 26 heavy (non-hydrogen) atoms. The lowest BCUT2D eigenvalue weighted by Gasteiger charge is -2.13. The molecule has 1 aliphatic heterocycles. The Hall–Kier alpha value is -2.72. The van der Waals surface area contributed by atoms with Crippen molar-refractivity contribution in [2.75, 3.05) is 13.2 Å². The van der Waals surface area contributed by atoms with Gasteiger partial charge in [0, 0.05) is 24.1 Å². The number of aromatic nitrogens is 1. The van der Waals surface area contributed by atoms with Crippen molar-refractivity contribution in [2.24, 2.45) is 0 Å². The number of nitrogens with one attached hydrogen (secondary N) is 1. The lowest BCUT2D eigenvalue weighted by molar-refractivity contribution is 0.0859. The average Bonchev–Trinajstić information content (AvgIpc) is 3.19. The SMILES string of the molecule is Cc1cccc(-c2cc(C(=O)NC[C@H]3CCCO3)c3ccccc3n2)c1. The molecule has 0 bridgehead atoms. The number of amides is 1. The highest BCUT2D eigenvalue weighted by Gasteiger charge is 2.18. The summed E-state index contributed by atoms with van der Waals surface area (Å²) in [5.41, 5.74) is 4.49. The number of ether oxygens (including phenoxy) is 1. The number of carbonyl (C=O) groups excluding carboxylic acids is 1. The summed E-state index contributed by atoms with van der Waals surface area (Å²) in [5, 5.41) is 3.90. The second-order valence-corrected chi connectivity index (χ2v) is 6.79. The molecule has 1 aromatic heterocycles. The van der Waals surface area contributed by atoms with Crippen molar-refractivity contribution in [2.45, 2.75) is 25.9 Å². The van der Waals surface area contributed by atoms with Crippen molar-refractivity contribution in [1.29, 1.82) is 0 Å². The minimum Gasteiger partial charge on any atom is -0.376 e. The summed E-state index contributed by atoms with van der Waals surface area (Å²) in [7, 11) is 0. The smallest absolute Gasteiger partial charge is 0.252 e. The largest absolute Gasteiger partial charge is 0.376 e.